The highest BCUT2D eigenvalue weighted by molar-refractivity contribution is 7.13. The fourth-order valence-corrected chi connectivity index (χ4v) is 2.51. The van der Waals surface area contributed by atoms with Crippen LogP contribution in [-0.4, -0.2) is 47.6 Å². The van der Waals surface area contributed by atoms with E-state index >= 15 is 0 Å². The number of aryl methyl sites for hydroxylation is 1. The Hall–Kier alpha value is -1.14. The summed E-state index contributed by atoms with van der Waals surface area (Å²) >= 11 is 1.54. The number of nitrogens with one attached hydrogen (secondary N) is 1. The molecule has 0 saturated carbocycles. The Balaban J connectivity index is 2.57. The van der Waals surface area contributed by atoms with Crippen molar-refractivity contribution in [3.63, 3.8) is 0 Å². The van der Waals surface area contributed by atoms with Gasteiger partial charge in [-0.2, -0.15) is 0 Å². The van der Waals surface area contributed by atoms with Crippen LogP contribution in [-0.2, 0) is 11.2 Å². The maximum Gasteiger partial charge on any atom is 0.303 e. The molecule has 0 aromatic carbocycles. The summed E-state index contributed by atoms with van der Waals surface area (Å²) in [4.78, 5) is 17.1. The Morgan fingerprint density at radius 1 is 1.53 bits per heavy atom. The molecule has 1 rings (SSSR count). The van der Waals surface area contributed by atoms with E-state index in [4.69, 9.17) is 5.11 Å². The van der Waals surface area contributed by atoms with Crippen LogP contribution in [0, 0.1) is 5.92 Å². The predicted molar refractivity (Wildman–Crippen MR) is 78.9 cm³/mol. The molecule has 0 spiro atoms. The summed E-state index contributed by atoms with van der Waals surface area (Å²) < 4.78 is 0. The van der Waals surface area contributed by atoms with Crippen LogP contribution in [0.2, 0.25) is 0 Å². The highest BCUT2D eigenvalue weighted by Gasteiger charge is 2.15. The van der Waals surface area contributed by atoms with Crippen LogP contribution >= 0.6 is 11.3 Å². The average molecular weight is 285 g/mol. The number of aromatic nitrogens is 1. The third-order valence-electron chi connectivity index (χ3n) is 2.82. The molecule has 19 heavy (non-hydrogen) atoms. The maximum atomic E-state index is 10.5. The van der Waals surface area contributed by atoms with E-state index < -0.39 is 5.97 Å². The van der Waals surface area contributed by atoms with Crippen molar-refractivity contribution in [1.82, 2.24) is 9.88 Å². The Kier molecular flexibility index (Phi) is 6.24. The molecule has 6 heteroatoms. The second kappa shape index (κ2) is 7.45. The third kappa shape index (κ3) is 6.02. The molecule has 1 atom stereocenters. The number of likely N-dealkylation sites (N-methyl/N-ethyl adjacent to an activating group) is 1. The summed E-state index contributed by atoms with van der Waals surface area (Å²) in [5.41, 5.74) is 0.849. The lowest BCUT2D eigenvalue weighted by Crippen LogP contribution is -2.36. The summed E-state index contributed by atoms with van der Waals surface area (Å²) in [5.74, 6) is -0.274. The molecule has 1 aromatic heterocycles. The first-order chi connectivity index (χ1) is 8.88. The lowest BCUT2D eigenvalue weighted by Gasteiger charge is -2.25. The van der Waals surface area contributed by atoms with Crippen LogP contribution in [0.5, 0.6) is 0 Å². The molecular weight excluding hydrogens is 262 g/mol. The highest BCUT2D eigenvalue weighted by Crippen LogP contribution is 2.19. The van der Waals surface area contributed by atoms with Crippen LogP contribution < -0.4 is 5.32 Å². The van der Waals surface area contributed by atoms with Gasteiger partial charge in [-0.3, -0.25) is 4.79 Å². The quantitative estimate of drug-likeness (QED) is 0.766. The van der Waals surface area contributed by atoms with E-state index in [1.165, 1.54) is 0 Å². The Morgan fingerprint density at radius 3 is 2.74 bits per heavy atom. The van der Waals surface area contributed by atoms with Crippen molar-refractivity contribution in [2.24, 2.45) is 5.92 Å². The van der Waals surface area contributed by atoms with Gasteiger partial charge in [0, 0.05) is 24.4 Å². The normalized spacial score (nSPS) is 12.9. The van der Waals surface area contributed by atoms with E-state index in [1.807, 2.05) is 5.38 Å². The second-order valence-electron chi connectivity index (χ2n) is 5.29. The molecule has 2 N–H and O–H groups in total. The van der Waals surface area contributed by atoms with Gasteiger partial charge in [0.25, 0.3) is 0 Å². The summed E-state index contributed by atoms with van der Waals surface area (Å²) in [6.45, 7) is 5.31. The minimum absolute atomic E-state index is 0.133. The fourth-order valence-electron chi connectivity index (χ4n) is 1.70. The molecule has 5 nitrogen and oxygen atoms in total. The molecule has 0 aliphatic rings. The SMILES string of the molecule is CC(C)C(CN(C)C)Nc1nc(CCC(=O)O)cs1. The number of aliphatic carboxylic acids is 1. The number of anilines is 1. The number of hydrogen-bond donors (Lipinski definition) is 2. The van der Waals surface area contributed by atoms with E-state index in [0.29, 0.717) is 18.4 Å². The minimum Gasteiger partial charge on any atom is -0.481 e. The van der Waals surface area contributed by atoms with Crippen molar-refractivity contribution in [3.8, 4) is 0 Å². The maximum absolute atomic E-state index is 10.5. The second-order valence-corrected chi connectivity index (χ2v) is 6.15. The van der Waals surface area contributed by atoms with Gasteiger partial charge in [-0.25, -0.2) is 4.98 Å². The van der Waals surface area contributed by atoms with Crippen molar-refractivity contribution in [3.05, 3.63) is 11.1 Å². The van der Waals surface area contributed by atoms with Gasteiger partial charge in [0.2, 0.25) is 0 Å². The highest BCUT2D eigenvalue weighted by atomic mass is 32.1. The Bertz CT molecular complexity index is 404. The topological polar surface area (TPSA) is 65.5 Å². The van der Waals surface area contributed by atoms with Crippen LogP contribution in [0.25, 0.3) is 0 Å². The Morgan fingerprint density at radius 2 is 2.21 bits per heavy atom. The van der Waals surface area contributed by atoms with E-state index in [1.54, 1.807) is 11.3 Å². The zero-order chi connectivity index (χ0) is 14.4. The lowest BCUT2D eigenvalue weighted by atomic mass is 10.0. The summed E-state index contributed by atoms with van der Waals surface area (Å²) in [5, 5.41) is 14.9. The third-order valence-corrected chi connectivity index (χ3v) is 3.64. The fraction of sp³-hybridized carbons (Fsp3) is 0.692. The first-order valence-corrected chi connectivity index (χ1v) is 7.34. The van der Waals surface area contributed by atoms with Gasteiger partial charge in [-0.05, 0) is 20.0 Å². The van der Waals surface area contributed by atoms with Gasteiger partial charge >= 0.3 is 5.97 Å². The smallest absolute Gasteiger partial charge is 0.303 e. The van der Waals surface area contributed by atoms with Crippen LogP contribution in [0.4, 0.5) is 5.13 Å². The molecular formula is C13H23N3O2S. The van der Waals surface area contributed by atoms with Crippen LogP contribution in [0.3, 0.4) is 0 Å². The average Bonchev–Trinajstić information content (AvgIpc) is 2.72. The molecule has 0 radical (unpaired) electrons. The number of nitrogens with zero attached hydrogens (tertiary/aromatic N) is 2. The molecule has 0 aliphatic carbocycles. The monoisotopic (exact) mass is 285 g/mol. The molecule has 1 unspecified atom stereocenters. The molecule has 0 saturated heterocycles. The first kappa shape index (κ1) is 15.9. The molecule has 0 bridgehead atoms. The largest absolute Gasteiger partial charge is 0.481 e. The number of carboxylic acids is 1. The zero-order valence-electron chi connectivity index (χ0n) is 12.0. The Labute approximate surface area is 118 Å². The van der Waals surface area contributed by atoms with Crippen molar-refractivity contribution < 1.29 is 9.90 Å². The number of carboxylic acid groups (broad SMARTS) is 1. The standard InChI is InChI=1S/C13H23N3O2S/c1-9(2)11(7-16(3)4)15-13-14-10(8-19-13)5-6-12(17)18/h8-9,11H,5-7H2,1-4H3,(H,14,15)(H,17,18). The molecule has 0 aliphatic heterocycles. The van der Waals surface area contributed by atoms with E-state index in [0.717, 1.165) is 17.4 Å². The van der Waals surface area contributed by atoms with E-state index in [2.05, 4.69) is 43.1 Å². The van der Waals surface area contributed by atoms with Crippen molar-refractivity contribution in [1.29, 1.82) is 0 Å². The molecule has 108 valence electrons. The molecule has 0 fully saturated rings. The first-order valence-electron chi connectivity index (χ1n) is 6.46. The number of carbonyl (C=O) groups is 1. The molecule has 1 heterocycles. The van der Waals surface area contributed by atoms with Crippen molar-refractivity contribution in [2.45, 2.75) is 32.7 Å². The summed E-state index contributed by atoms with van der Waals surface area (Å²) in [6, 6.07) is 0.341. The van der Waals surface area contributed by atoms with Gasteiger partial charge in [-0.1, -0.05) is 13.8 Å². The van der Waals surface area contributed by atoms with Crippen LogP contribution in [0.1, 0.15) is 26.0 Å². The van der Waals surface area contributed by atoms with Gasteiger partial charge in [0.05, 0.1) is 12.1 Å². The summed E-state index contributed by atoms with van der Waals surface area (Å²) in [7, 11) is 4.11. The van der Waals surface area contributed by atoms with Crippen LogP contribution in [0.15, 0.2) is 5.38 Å². The van der Waals surface area contributed by atoms with Gasteiger partial charge in [0.15, 0.2) is 5.13 Å². The van der Waals surface area contributed by atoms with E-state index in [9.17, 15) is 4.79 Å². The number of thiazole rings is 1. The lowest BCUT2D eigenvalue weighted by molar-refractivity contribution is -0.136. The van der Waals surface area contributed by atoms with Crippen molar-refractivity contribution >= 4 is 22.4 Å². The van der Waals surface area contributed by atoms with Crippen molar-refractivity contribution in [2.75, 3.05) is 26.0 Å². The molecule has 1 aromatic rings. The zero-order valence-corrected chi connectivity index (χ0v) is 12.8. The van der Waals surface area contributed by atoms with E-state index in [-0.39, 0.29) is 6.42 Å². The number of rotatable bonds is 8. The van der Waals surface area contributed by atoms with Gasteiger partial charge in [0.1, 0.15) is 0 Å². The number of hydrogen-bond acceptors (Lipinski definition) is 5. The predicted octanol–water partition coefficient (Wildman–Crippen LogP) is 2.16. The molecule has 0 amide bonds. The van der Waals surface area contributed by atoms with Gasteiger partial charge < -0.3 is 15.3 Å². The minimum atomic E-state index is -0.782. The summed E-state index contributed by atoms with van der Waals surface area (Å²) in [6.07, 6.45) is 0.627. The van der Waals surface area contributed by atoms with Gasteiger partial charge in [-0.15, -0.1) is 11.3 Å².